The molecule has 0 unspecified atom stereocenters. The lowest BCUT2D eigenvalue weighted by Gasteiger charge is -2.17. The highest BCUT2D eigenvalue weighted by atomic mass is 19.4. The smallest absolute Gasteiger partial charge is 0.406 e. The topological polar surface area (TPSA) is 52.3 Å². The summed E-state index contributed by atoms with van der Waals surface area (Å²) in [6.45, 7) is 3.67. The van der Waals surface area contributed by atoms with Crippen LogP contribution in [-0.4, -0.2) is 17.7 Å². The van der Waals surface area contributed by atoms with Crippen LogP contribution in [0.5, 0.6) is 5.75 Å². The zero-order chi connectivity index (χ0) is 15.4. The monoisotopic (exact) mass is 289 g/mol. The molecule has 112 valence electrons. The van der Waals surface area contributed by atoms with Crippen molar-refractivity contribution >= 4 is 5.78 Å². The molecule has 0 bridgehead atoms. The Balaban J connectivity index is 2.51. The molecule has 20 heavy (non-hydrogen) atoms. The summed E-state index contributed by atoms with van der Waals surface area (Å²) < 4.78 is 39.7. The van der Waals surface area contributed by atoms with Crippen LogP contribution in [0.1, 0.15) is 32.3 Å². The van der Waals surface area contributed by atoms with E-state index in [0.717, 1.165) is 0 Å². The zero-order valence-corrected chi connectivity index (χ0v) is 11.5. The minimum absolute atomic E-state index is 0.00742. The quantitative estimate of drug-likeness (QED) is 0.875. The highest BCUT2D eigenvalue weighted by molar-refractivity contribution is 5.80. The molecule has 0 atom stereocenters. The third-order valence-corrected chi connectivity index (χ3v) is 2.61. The van der Waals surface area contributed by atoms with Gasteiger partial charge in [0.15, 0.2) is 0 Å². The average molecular weight is 289 g/mol. The number of carbonyl (C=O) groups is 1. The number of ketones is 1. The lowest BCUT2D eigenvalue weighted by atomic mass is 9.96. The molecule has 0 aliphatic heterocycles. The van der Waals surface area contributed by atoms with E-state index in [9.17, 15) is 18.0 Å². The Morgan fingerprint density at radius 1 is 1.20 bits per heavy atom. The first-order valence-corrected chi connectivity index (χ1v) is 6.20. The second-order valence-corrected chi connectivity index (χ2v) is 5.40. The average Bonchev–Trinajstić information content (AvgIpc) is 2.26. The van der Waals surface area contributed by atoms with Gasteiger partial charge in [-0.2, -0.15) is 0 Å². The summed E-state index contributed by atoms with van der Waals surface area (Å²) >= 11 is 0. The molecule has 1 aromatic rings. The molecule has 0 saturated carbocycles. The van der Waals surface area contributed by atoms with Gasteiger partial charge in [-0.05, 0) is 38.0 Å². The molecule has 0 spiro atoms. The largest absolute Gasteiger partial charge is 0.573 e. The van der Waals surface area contributed by atoms with Crippen LogP contribution in [0.2, 0.25) is 0 Å². The molecule has 0 fully saturated rings. The fraction of sp³-hybridized carbons (Fsp3) is 0.500. The SMILES string of the molecule is CC(C)(N)CCC(=O)Cc1ccc(OC(F)(F)F)cc1. The molecule has 2 N–H and O–H groups in total. The number of hydrogen-bond acceptors (Lipinski definition) is 3. The highest BCUT2D eigenvalue weighted by Gasteiger charge is 2.30. The molecule has 0 saturated heterocycles. The number of halogens is 3. The van der Waals surface area contributed by atoms with Crippen molar-refractivity contribution in [2.45, 2.75) is 45.0 Å². The third kappa shape index (κ3) is 7.13. The van der Waals surface area contributed by atoms with Crippen molar-refractivity contribution in [3.8, 4) is 5.75 Å². The van der Waals surface area contributed by atoms with E-state index < -0.39 is 11.9 Å². The number of rotatable bonds is 6. The third-order valence-electron chi connectivity index (χ3n) is 2.61. The van der Waals surface area contributed by atoms with Crippen LogP contribution in [0.4, 0.5) is 13.2 Å². The highest BCUT2D eigenvalue weighted by Crippen LogP contribution is 2.23. The number of Topliss-reactive ketones (excluding diaryl/α,β-unsaturated/α-hetero) is 1. The Bertz CT molecular complexity index is 447. The minimum Gasteiger partial charge on any atom is -0.406 e. The fourth-order valence-corrected chi connectivity index (χ4v) is 1.59. The van der Waals surface area contributed by atoms with Gasteiger partial charge in [0.25, 0.3) is 0 Å². The van der Waals surface area contributed by atoms with Gasteiger partial charge in [0.1, 0.15) is 11.5 Å². The first-order valence-electron chi connectivity index (χ1n) is 6.20. The number of benzene rings is 1. The lowest BCUT2D eigenvalue weighted by molar-refractivity contribution is -0.274. The van der Waals surface area contributed by atoms with Crippen molar-refractivity contribution in [3.05, 3.63) is 29.8 Å². The Kier molecular flexibility index (Phi) is 5.16. The first-order chi connectivity index (χ1) is 9.05. The number of nitrogens with two attached hydrogens (primary N) is 1. The van der Waals surface area contributed by atoms with E-state index >= 15 is 0 Å². The van der Waals surface area contributed by atoms with E-state index in [1.807, 2.05) is 13.8 Å². The molecule has 0 aromatic heterocycles. The lowest BCUT2D eigenvalue weighted by Crippen LogP contribution is -2.32. The van der Waals surface area contributed by atoms with Gasteiger partial charge in [0, 0.05) is 18.4 Å². The molecule has 0 heterocycles. The maximum absolute atomic E-state index is 12.0. The van der Waals surface area contributed by atoms with E-state index in [4.69, 9.17) is 5.73 Å². The van der Waals surface area contributed by atoms with Crippen molar-refractivity contribution in [1.29, 1.82) is 0 Å². The van der Waals surface area contributed by atoms with Crippen LogP contribution < -0.4 is 10.5 Å². The molecular weight excluding hydrogens is 271 g/mol. The molecule has 1 aromatic carbocycles. The molecular formula is C14H18F3NO2. The van der Waals surface area contributed by atoms with Gasteiger partial charge in [-0.3, -0.25) is 4.79 Å². The summed E-state index contributed by atoms with van der Waals surface area (Å²) in [7, 11) is 0. The Morgan fingerprint density at radius 2 is 1.75 bits per heavy atom. The number of alkyl halides is 3. The standard InChI is InChI=1S/C14H18F3NO2/c1-13(2,18)8-7-11(19)9-10-3-5-12(6-4-10)20-14(15,16)17/h3-6H,7-9,18H2,1-2H3. The first kappa shape index (κ1) is 16.5. The van der Waals surface area contributed by atoms with E-state index in [1.54, 1.807) is 0 Å². The van der Waals surface area contributed by atoms with Crippen LogP contribution in [0.25, 0.3) is 0 Å². The Hall–Kier alpha value is -1.56. The fourth-order valence-electron chi connectivity index (χ4n) is 1.59. The van der Waals surface area contributed by atoms with Crippen LogP contribution in [0.3, 0.4) is 0 Å². The van der Waals surface area contributed by atoms with E-state index in [1.165, 1.54) is 24.3 Å². The summed E-state index contributed by atoms with van der Waals surface area (Å²) in [5.74, 6) is -0.287. The number of ether oxygens (including phenoxy) is 1. The van der Waals surface area contributed by atoms with Crippen molar-refractivity contribution in [3.63, 3.8) is 0 Å². The van der Waals surface area contributed by atoms with Crippen LogP contribution >= 0.6 is 0 Å². The predicted octanol–water partition coefficient (Wildman–Crippen LogP) is 3.21. The zero-order valence-electron chi connectivity index (χ0n) is 11.5. The molecule has 3 nitrogen and oxygen atoms in total. The number of hydrogen-bond donors (Lipinski definition) is 1. The van der Waals surface area contributed by atoms with Crippen molar-refractivity contribution in [2.24, 2.45) is 5.73 Å². The summed E-state index contributed by atoms with van der Waals surface area (Å²) in [4.78, 5) is 11.7. The van der Waals surface area contributed by atoms with Crippen LogP contribution in [0.15, 0.2) is 24.3 Å². The molecule has 0 radical (unpaired) electrons. The molecule has 0 aliphatic rings. The second-order valence-electron chi connectivity index (χ2n) is 5.40. The van der Waals surface area contributed by atoms with Gasteiger partial charge >= 0.3 is 6.36 Å². The van der Waals surface area contributed by atoms with Gasteiger partial charge in [-0.25, -0.2) is 0 Å². The molecule has 0 amide bonds. The van der Waals surface area contributed by atoms with E-state index in [-0.39, 0.29) is 18.0 Å². The van der Waals surface area contributed by atoms with Crippen molar-refractivity contribution in [1.82, 2.24) is 0 Å². The summed E-state index contributed by atoms with van der Waals surface area (Å²) in [6.07, 6.45) is -3.60. The van der Waals surface area contributed by atoms with Crippen molar-refractivity contribution in [2.75, 3.05) is 0 Å². The maximum Gasteiger partial charge on any atom is 0.573 e. The Labute approximate surface area is 115 Å². The van der Waals surface area contributed by atoms with Crippen molar-refractivity contribution < 1.29 is 22.7 Å². The van der Waals surface area contributed by atoms with Crippen LogP contribution in [-0.2, 0) is 11.2 Å². The van der Waals surface area contributed by atoms with E-state index in [2.05, 4.69) is 4.74 Å². The van der Waals surface area contributed by atoms with E-state index in [0.29, 0.717) is 18.4 Å². The normalized spacial score (nSPS) is 12.3. The molecule has 6 heteroatoms. The Morgan fingerprint density at radius 3 is 2.20 bits per heavy atom. The van der Waals surface area contributed by atoms with Gasteiger partial charge in [0.2, 0.25) is 0 Å². The summed E-state index contributed by atoms with van der Waals surface area (Å²) in [6, 6.07) is 5.30. The molecule has 1 rings (SSSR count). The predicted molar refractivity (Wildman–Crippen MR) is 69.3 cm³/mol. The van der Waals surface area contributed by atoms with Gasteiger partial charge in [0.05, 0.1) is 0 Å². The number of carbonyl (C=O) groups excluding carboxylic acids is 1. The van der Waals surface area contributed by atoms with Gasteiger partial charge < -0.3 is 10.5 Å². The second kappa shape index (κ2) is 6.26. The minimum atomic E-state index is -4.70. The van der Waals surface area contributed by atoms with Gasteiger partial charge in [-0.1, -0.05) is 12.1 Å². The maximum atomic E-state index is 12.0. The summed E-state index contributed by atoms with van der Waals surface area (Å²) in [5, 5.41) is 0. The van der Waals surface area contributed by atoms with Gasteiger partial charge in [-0.15, -0.1) is 13.2 Å². The van der Waals surface area contributed by atoms with Crippen LogP contribution in [0, 0.1) is 0 Å². The summed E-state index contributed by atoms with van der Waals surface area (Å²) in [5.41, 5.74) is 6.03. The molecule has 0 aliphatic carbocycles.